The van der Waals surface area contributed by atoms with Crippen molar-refractivity contribution in [3.05, 3.63) is 7.43 Å². The molecule has 7 heteroatoms. The molecule has 0 aliphatic carbocycles. The van der Waals surface area contributed by atoms with Crippen LogP contribution in [0.2, 0.25) is 0 Å². The molecule has 0 rings (SSSR count). The van der Waals surface area contributed by atoms with Gasteiger partial charge in [-0.2, -0.15) is 0 Å². The second-order valence-corrected chi connectivity index (χ2v) is 0. The molecule has 0 unspecified atom stereocenters. The summed E-state index contributed by atoms with van der Waals surface area (Å²) in [7, 11) is 0. The van der Waals surface area contributed by atoms with Crippen molar-refractivity contribution in [1.29, 1.82) is 0 Å². The van der Waals surface area contributed by atoms with Crippen LogP contribution in [0.25, 0.3) is 0 Å². The Kier molecular flexibility index (Phi) is 522. The summed E-state index contributed by atoms with van der Waals surface area (Å²) in [5, 5.41) is 0. The van der Waals surface area contributed by atoms with Crippen molar-refractivity contribution in [3.63, 3.8) is 0 Å². The van der Waals surface area contributed by atoms with Crippen LogP contribution in [0.3, 0.4) is 0 Å². The fraction of sp³-hybridized carbons (Fsp3) is 0. The van der Waals surface area contributed by atoms with E-state index in [4.69, 9.17) is 0 Å². The van der Waals surface area contributed by atoms with E-state index in [0.717, 1.165) is 0 Å². The Morgan fingerprint density at radius 3 is 0.375 bits per heavy atom. The molecule has 0 atom stereocenters. The van der Waals surface area contributed by atoms with Gasteiger partial charge in [-0.1, -0.05) is 0 Å². The fourth-order valence-corrected chi connectivity index (χ4v) is 0. The summed E-state index contributed by atoms with van der Waals surface area (Å²) in [6, 6.07) is 0. The maximum Gasteiger partial charge on any atom is 4.00 e. The Balaban J connectivity index is 0. The van der Waals surface area contributed by atoms with Gasteiger partial charge in [-0.3, -0.25) is 0 Å². The van der Waals surface area contributed by atoms with E-state index < -0.39 is 0 Å². The van der Waals surface area contributed by atoms with Gasteiger partial charge in [0.05, 0.1) is 0 Å². The summed E-state index contributed by atoms with van der Waals surface area (Å²) in [5.41, 5.74) is 0. The molecule has 0 aromatic heterocycles. The largest absolute Gasteiger partial charge is 4.00 e. The van der Waals surface area contributed by atoms with E-state index in [0.29, 0.717) is 0 Å². The van der Waals surface area contributed by atoms with Gasteiger partial charge in [0.25, 0.3) is 0 Å². The zero-order valence-corrected chi connectivity index (χ0v) is 17.8. The van der Waals surface area contributed by atoms with Crippen molar-refractivity contribution in [2.24, 2.45) is 0 Å². The Bertz CT molecular complexity index is 8.49. The maximum absolute atomic E-state index is 0. The van der Waals surface area contributed by atoms with Crippen molar-refractivity contribution >= 4 is 23.1 Å². The normalized spacial score (nSPS) is 0. The summed E-state index contributed by atoms with van der Waals surface area (Å²) in [4.78, 5) is 0. The van der Waals surface area contributed by atoms with Gasteiger partial charge in [-0.15, -0.1) is 0 Å². The molecule has 0 saturated carbocycles. The van der Waals surface area contributed by atoms with Crippen LogP contribution in [0, 0.1) is 7.43 Å². The predicted octanol–water partition coefficient (Wildman–Crippen LogP) is -18.3. The summed E-state index contributed by atoms with van der Waals surface area (Å²) in [6.45, 7) is 0. The molecule has 0 saturated heterocycles. The molecule has 0 nitrogen and oxygen atoms in total. The fourth-order valence-electron chi connectivity index (χ4n) is 0. The van der Waals surface area contributed by atoms with E-state index in [2.05, 4.69) is 0 Å². The summed E-state index contributed by atoms with van der Waals surface area (Å²) in [5.74, 6) is 0. The monoisotopic (exact) mass is 797 g/mol. The zero-order chi connectivity index (χ0) is 0. The predicted molar refractivity (Wildman–Crippen MR) is 9.00 cm³/mol. The van der Waals surface area contributed by atoms with Crippen LogP contribution in [0.15, 0.2) is 0 Å². The Morgan fingerprint density at radius 2 is 0.375 bits per heavy atom. The Hall–Kier alpha value is 5.15. The van der Waals surface area contributed by atoms with E-state index >= 15 is 0 Å². The van der Waals surface area contributed by atoms with Gasteiger partial charge in [-0.05, 0) is 0 Å². The van der Waals surface area contributed by atoms with Crippen molar-refractivity contribution in [2.45, 2.75) is 0 Å². The molecule has 0 fully saturated rings. The van der Waals surface area contributed by atoms with E-state index in [1.807, 2.05) is 0 Å². The molecule has 0 N–H and O–H groups in total. The van der Waals surface area contributed by atoms with Gasteiger partial charge in [0.15, 0.2) is 0 Å². The molecule has 0 heterocycles. The molecule has 0 radical (unpaired) electrons. The Labute approximate surface area is 170 Å². The van der Waals surface area contributed by atoms with Crippen LogP contribution in [-0.4, -0.2) is 23.1 Å². The van der Waals surface area contributed by atoms with Gasteiger partial charge in [0, 0.05) is 0 Å². The average molecular weight is 798 g/mol. The topological polar surface area (TPSA) is 0 Å². The minimum atomic E-state index is 0. The quantitative estimate of drug-likeness (QED) is 0.169. The summed E-state index contributed by atoms with van der Waals surface area (Å²) < 4.78 is 0. The molecule has 0 aliphatic rings. The minimum Gasteiger partial charge on any atom is -1.00 e. The first-order valence-electron chi connectivity index (χ1n) is 0. The van der Waals surface area contributed by atoms with Crippen molar-refractivity contribution in [3.8, 4) is 0 Å². The van der Waals surface area contributed by atoms with Crippen LogP contribution in [-0.2, 0) is 0 Å². The number of rotatable bonds is 0. The van der Waals surface area contributed by atoms with Crippen LogP contribution in [0.4, 0.5) is 0 Å². The molecule has 0 aliphatic heterocycles. The van der Waals surface area contributed by atoms with Gasteiger partial charge < -0.3 is 144 Å². The van der Waals surface area contributed by atoms with Crippen LogP contribution in [0.1, 0.15) is 0 Å². The van der Waals surface area contributed by atoms with Crippen LogP contribution in [0.5, 0.6) is 0 Å². The molecule has 48 valence electrons. The second kappa shape index (κ2) is 57.0. The van der Waals surface area contributed by atoms with Crippen LogP contribution >= 0.6 is 0 Å². The smallest absolute Gasteiger partial charge is 1.00 e. The molecule has 0 aromatic carbocycles. The number of hydrogen-bond acceptors (Lipinski definition) is 0. The molecule has 8 heavy (non-hydrogen) atoms. The van der Waals surface area contributed by atoms with Crippen LogP contribution < -0.4 is 144 Å². The number of hydrogen-bond donors (Lipinski definition) is 0. The van der Waals surface area contributed by atoms with E-state index in [1.54, 1.807) is 0 Å². The first-order valence-corrected chi connectivity index (χ1v) is 0. The SMILES string of the molecule is [C+4].[I-].[I-].[I-].[I-].[I-].[I-].[Mg+2]. The van der Waals surface area contributed by atoms with E-state index in [1.165, 1.54) is 0 Å². The number of halogens is 6. The third-order valence-electron chi connectivity index (χ3n) is 0. The van der Waals surface area contributed by atoms with Crippen molar-refractivity contribution in [2.75, 3.05) is 0 Å². The molecule has 0 bridgehead atoms. The summed E-state index contributed by atoms with van der Waals surface area (Å²) >= 11 is 0. The first kappa shape index (κ1) is 73.2. The van der Waals surface area contributed by atoms with Gasteiger partial charge >= 0.3 is 30.5 Å². The van der Waals surface area contributed by atoms with Gasteiger partial charge in [-0.25, -0.2) is 0 Å². The first-order chi connectivity index (χ1) is 0. The second-order valence-electron chi connectivity index (χ2n) is 0. The maximum atomic E-state index is 0. The molecular formula is CI6Mg. The van der Waals surface area contributed by atoms with Gasteiger partial charge in [0.2, 0.25) is 0 Å². The standard InChI is InChI=1S/C.6HI.Mg/h;6*1H;/q+4;;;;;;;+2/p-6. The molecular weight excluding hydrogens is 798 g/mol. The van der Waals surface area contributed by atoms with Crippen molar-refractivity contribution in [1.82, 2.24) is 0 Å². The molecule has 0 amide bonds. The average Bonchev–Trinajstić information content (AvgIpc) is 0. The summed E-state index contributed by atoms with van der Waals surface area (Å²) in [6.07, 6.45) is 0. The Morgan fingerprint density at radius 1 is 0.375 bits per heavy atom. The molecule has 0 aromatic rings. The minimum absolute atomic E-state index is 0. The third kappa shape index (κ3) is 43.3. The van der Waals surface area contributed by atoms with E-state index in [9.17, 15) is 0 Å². The third-order valence-corrected chi connectivity index (χ3v) is 0. The van der Waals surface area contributed by atoms with Crippen molar-refractivity contribution < 1.29 is 144 Å². The van der Waals surface area contributed by atoms with E-state index in [-0.39, 0.29) is 174 Å². The molecule has 0 spiro atoms. The van der Waals surface area contributed by atoms with Gasteiger partial charge in [0.1, 0.15) is 0 Å². The zero-order valence-electron chi connectivity index (χ0n) is 3.47.